The first-order chi connectivity index (χ1) is 5.92. The fourth-order valence-corrected chi connectivity index (χ4v) is 2.41. The zero-order valence-corrected chi connectivity index (χ0v) is 8.10. The van der Waals surface area contributed by atoms with E-state index < -0.39 is 0 Å². The van der Waals surface area contributed by atoms with Crippen molar-refractivity contribution in [2.45, 2.75) is 32.1 Å². The van der Waals surface area contributed by atoms with Crippen LogP contribution in [-0.4, -0.2) is 20.5 Å². The molecule has 0 aliphatic carbocycles. The van der Waals surface area contributed by atoms with Crippen molar-refractivity contribution in [3.05, 3.63) is 11.6 Å². The van der Waals surface area contributed by atoms with E-state index in [-0.39, 0.29) is 0 Å². The summed E-state index contributed by atoms with van der Waals surface area (Å²) in [6.07, 6.45) is 3.33. The fourth-order valence-electron chi connectivity index (χ4n) is 1.46. The molecular formula is C8H13N3S. The van der Waals surface area contributed by atoms with E-state index in [9.17, 15) is 0 Å². The Morgan fingerprint density at radius 2 is 2.42 bits per heavy atom. The SMILES string of the molecule is CCc1nnc2n1CSCCC2. The van der Waals surface area contributed by atoms with Gasteiger partial charge < -0.3 is 4.57 Å². The van der Waals surface area contributed by atoms with Gasteiger partial charge >= 0.3 is 0 Å². The first kappa shape index (κ1) is 8.10. The van der Waals surface area contributed by atoms with Gasteiger partial charge in [0.05, 0.1) is 5.88 Å². The average Bonchev–Trinajstić information content (AvgIpc) is 2.33. The van der Waals surface area contributed by atoms with Crippen LogP contribution in [0.15, 0.2) is 0 Å². The normalized spacial score (nSPS) is 17.1. The van der Waals surface area contributed by atoms with Crippen molar-refractivity contribution in [2.75, 3.05) is 5.75 Å². The van der Waals surface area contributed by atoms with E-state index >= 15 is 0 Å². The lowest BCUT2D eigenvalue weighted by atomic mass is 10.3. The van der Waals surface area contributed by atoms with E-state index in [1.54, 1.807) is 0 Å². The molecule has 3 nitrogen and oxygen atoms in total. The van der Waals surface area contributed by atoms with Crippen LogP contribution in [0, 0.1) is 0 Å². The molecule has 1 aromatic rings. The van der Waals surface area contributed by atoms with Gasteiger partial charge in [0.15, 0.2) is 0 Å². The molecule has 0 aromatic carbocycles. The molecule has 0 saturated carbocycles. The number of hydrogen-bond donors (Lipinski definition) is 0. The van der Waals surface area contributed by atoms with Gasteiger partial charge in [0.25, 0.3) is 0 Å². The molecule has 1 aliphatic rings. The van der Waals surface area contributed by atoms with Crippen molar-refractivity contribution in [1.82, 2.24) is 14.8 Å². The number of fused-ring (bicyclic) bond motifs is 1. The molecule has 12 heavy (non-hydrogen) atoms. The van der Waals surface area contributed by atoms with Crippen molar-refractivity contribution >= 4 is 11.8 Å². The van der Waals surface area contributed by atoms with Gasteiger partial charge in [-0.05, 0) is 12.2 Å². The van der Waals surface area contributed by atoms with E-state index in [1.807, 2.05) is 11.8 Å². The fraction of sp³-hybridized carbons (Fsp3) is 0.750. The third-order valence-electron chi connectivity index (χ3n) is 2.13. The summed E-state index contributed by atoms with van der Waals surface area (Å²) in [7, 11) is 0. The summed E-state index contributed by atoms with van der Waals surface area (Å²) >= 11 is 1.98. The minimum absolute atomic E-state index is 0.994. The summed E-state index contributed by atoms with van der Waals surface area (Å²) in [6, 6.07) is 0. The number of hydrogen-bond acceptors (Lipinski definition) is 3. The molecule has 66 valence electrons. The minimum atomic E-state index is 0.994. The summed E-state index contributed by atoms with van der Waals surface area (Å²) in [4.78, 5) is 0. The van der Waals surface area contributed by atoms with E-state index in [2.05, 4.69) is 21.7 Å². The molecule has 1 aromatic heterocycles. The highest BCUT2D eigenvalue weighted by Crippen LogP contribution is 2.17. The zero-order valence-electron chi connectivity index (χ0n) is 7.29. The second-order valence-corrected chi connectivity index (χ2v) is 4.03. The molecule has 4 heteroatoms. The van der Waals surface area contributed by atoms with E-state index in [0.717, 1.165) is 24.5 Å². The molecule has 0 radical (unpaired) electrons. The van der Waals surface area contributed by atoms with Crippen molar-refractivity contribution in [3.63, 3.8) is 0 Å². The van der Waals surface area contributed by atoms with Gasteiger partial charge in [0.1, 0.15) is 11.6 Å². The first-order valence-corrected chi connectivity index (χ1v) is 5.56. The van der Waals surface area contributed by atoms with Crippen molar-refractivity contribution < 1.29 is 0 Å². The molecule has 2 heterocycles. The van der Waals surface area contributed by atoms with Crippen LogP contribution in [-0.2, 0) is 18.7 Å². The van der Waals surface area contributed by atoms with E-state index in [0.29, 0.717) is 0 Å². The average molecular weight is 183 g/mol. The Morgan fingerprint density at radius 1 is 1.50 bits per heavy atom. The van der Waals surface area contributed by atoms with Gasteiger partial charge in [0.2, 0.25) is 0 Å². The lowest BCUT2D eigenvalue weighted by molar-refractivity contribution is 0.738. The van der Waals surface area contributed by atoms with E-state index in [4.69, 9.17) is 0 Å². The largest absolute Gasteiger partial charge is 0.305 e. The van der Waals surface area contributed by atoms with Crippen LogP contribution in [0.1, 0.15) is 25.0 Å². The predicted molar refractivity (Wildman–Crippen MR) is 50.2 cm³/mol. The summed E-state index contributed by atoms with van der Waals surface area (Å²) in [6.45, 7) is 2.13. The second-order valence-electron chi connectivity index (χ2n) is 2.95. The van der Waals surface area contributed by atoms with Crippen LogP contribution in [0.3, 0.4) is 0 Å². The number of aryl methyl sites for hydroxylation is 2. The van der Waals surface area contributed by atoms with Gasteiger partial charge in [-0.25, -0.2) is 0 Å². The summed E-state index contributed by atoms with van der Waals surface area (Å²) in [5.41, 5.74) is 0. The molecule has 1 aliphatic heterocycles. The van der Waals surface area contributed by atoms with Gasteiger partial charge in [-0.3, -0.25) is 0 Å². The van der Waals surface area contributed by atoms with Gasteiger partial charge in [0, 0.05) is 12.8 Å². The van der Waals surface area contributed by atoms with E-state index in [1.165, 1.54) is 18.0 Å². The monoisotopic (exact) mass is 183 g/mol. The van der Waals surface area contributed by atoms with Crippen LogP contribution in [0.2, 0.25) is 0 Å². The van der Waals surface area contributed by atoms with Gasteiger partial charge in [-0.2, -0.15) is 0 Å². The Morgan fingerprint density at radius 3 is 3.25 bits per heavy atom. The maximum absolute atomic E-state index is 4.19. The quantitative estimate of drug-likeness (QED) is 0.660. The molecule has 0 saturated heterocycles. The standard InChI is InChI=1S/C8H13N3S/c1-2-7-9-10-8-4-3-5-12-6-11(7)8/h2-6H2,1H3. The first-order valence-electron chi connectivity index (χ1n) is 4.40. The number of rotatable bonds is 1. The van der Waals surface area contributed by atoms with Crippen molar-refractivity contribution in [3.8, 4) is 0 Å². The summed E-state index contributed by atoms with van der Waals surface area (Å²) in [5.74, 6) is 4.62. The van der Waals surface area contributed by atoms with Crippen molar-refractivity contribution in [1.29, 1.82) is 0 Å². The van der Waals surface area contributed by atoms with Crippen molar-refractivity contribution in [2.24, 2.45) is 0 Å². The molecule has 0 unspecified atom stereocenters. The highest BCUT2D eigenvalue weighted by atomic mass is 32.2. The molecule has 0 N–H and O–H groups in total. The Hall–Kier alpha value is -0.510. The summed E-state index contributed by atoms with van der Waals surface area (Å²) in [5, 5.41) is 8.34. The molecule has 0 atom stereocenters. The third-order valence-corrected chi connectivity index (χ3v) is 3.15. The predicted octanol–water partition coefficient (Wildman–Crippen LogP) is 1.48. The second kappa shape index (κ2) is 3.47. The maximum atomic E-state index is 4.19. The topological polar surface area (TPSA) is 30.7 Å². The lowest BCUT2D eigenvalue weighted by Crippen LogP contribution is -2.03. The van der Waals surface area contributed by atoms with Gasteiger partial charge in [-0.1, -0.05) is 6.92 Å². The maximum Gasteiger partial charge on any atom is 0.133 e. The molecule has 0 bridgehead atoms. The number of nitrogens with zero attached hydrogens (tertiary/aromatic N) is 3. The highest BCUT2D eigenvalue weighted by Gasteiger charge is 2.12. The Labute approximate surface area is 76.6 Å². The lowest BCUT2D eigenvalue weighted by Gasteiger charge is -2.03. The molecule has 0 fully saturated rings. The minimum Gasteiger partial charge on any atom is -0.305 e. The molecule has 0 spiro atoms. The Kier molecular flexibility index (Phi) is 2.35. The van der Waals surface area contributed by atoms with Crippen LogP contribution in [0.25, 0.3) is 0 Å². The highest BCUT2D eigenvalue weighted by molar-refractivity contribution is 7.98. The zero-order chi connectivity index (χ0) is 8.39. The molecule has 0 amide bonds. The van der Waals surface area contributed by atoms with Gasteiger partial charge in [-0.15, -0.1) is 22.0 Å². The third kappa shape index (κ3) is 1.35. The summed E-state index contributed by atoms with van der Waals surface area (Å²) < 4.78 is 2.26. The molecule has 2 rings (SSSR count). The number of thioether (sulfide) groups is 1. The Balaban J connectivity index is 2.32. The smallest absolute Gasteiger partial charge is 0.133 e. The number of aromatic nitrogens is 3. The van der Waals surface area contributed by atoms with Crippen LogP contribution in [0.4, 0.5) is 0 Å². The molecular weight excluding hydrogens is 170 g/mol. The van der Waals surface area contributed by atoms with Crippen LogP contribution >= 0.6 is 11.8 Å². The van der Waals surface area contributed by atoms with Crippen LogP contribution < -0.4 is 0 Å². The van der Waals surface area contributed by atoms with Crippen LogP contribution in [0.5, 0.6) is 0 Å². The Bertz CT molecular complexity index is 269.